The Bertz CT molecular complexity index is 1530. The molecule has 2 atom stereocenters. The maximum atomic E-state index is 13.1. The van der Waals surface area contributed by atoms with Crippen molar-refractivity contribution in [3.63, 3.8) is 0 Å². The number of nitrogens with one attached hydrogen (secondary N) is 2. The molecule has 0 aliphatic heterocycles. The number of carbonyl (C=O) groups excluding carboxylic acids is 1. The van der Waals surface area contributed by atoms with E-state index < -0.39 is 47.9 Å². The van der Waals surface area contributed by atoms with Crippen LogP contribution in [0.25, 0.3) is 0 Å². The molecule has 1 unspecified atom stereocenters. The molecule has 0 radical (unpaired) electrons. The fourth-order valence-corrected chi connectivity index (χ4v) is 5.09. The molecule has 4 rings (SSSR count). The monoisotopic (exact) mass is 559 g/mol. The number of aliphatic hydroxyl groups is 2. The summed E-state index contributed by atoms with van der Waals surface area (Å²) >= 11 is 0. The van der Waals surface area contributed by atoms with Crippen LogP contribution in [-0.2, 0) is 16.8 Å². The summed E-state index contributed by atoms with van der Waals surface area (Å²) in [5.74, 6) is 0.602. The minimum Gasteiger partial charge on any atom is -0.497 e. The molecule has 0 aliphatic rings. The van der Waals surface area contributed by atoms with Crippen LogP contribution in [-0.4, -0.2) is 58.6 Å². The van der Waals surface area contributed by atoms with Gasteiger partial charge in [-0.15, -0.1) is 0 Å². The minimum atomic E-state index is -1.39. The van der Waals surface area contributed by atoms with E-state index in [1.807, 2.05) is 54.6 Å². The third kappa shape index (κ3) is 5.93. The summed E-state index contributed by atoms with van der Waals surface area (Å²) in [6, 6.07) is 22.6. The molecule has 1 heterocycles. The van der Waals surface area contributed by atoms with Crippen LogP contribution in [0.15, 0.2) is 94.6 Å². The fraction of sp³-hybridized carbons (Fsp3) is 0.258. The van der Waals surface area contributed by atoms with Crippen LogP contribution in [0.5, 0.6) is 11.5 Å². The zero-order chi connectivity index (χ0) is 29.6. The lowest BCUT2D eigenvalue weighted by Gasteiger charge is -2.43. The van der Waals surface area contributed by atoms with Crippen LogP contribution in [0.3, 0.4) is 0 Å². The minimum absolute atomic E-state index is 0.262. The van der Waals surface area contributed by atoms with Crippen LogP contribution < -0.4 is 26.0 Å². The fourth-order valence-electron chi connectivity index (χ4n) is 5.09. The zero-order valence-electron chi connectivity index (χ0n) is 23.0. The van der Waals surface area contributed by atoms with Crippen LogP contribution in [0.1, 0.15) is 22.3 Å². The van der Waals surface area contributed by atoms with Gasteiger partial charge in [-0.2, -0.15) is 0 Å². The molecule has 214 valence electrons. The summed E-state index contributed by atoms with van der Waals surface area (Å²) in [6.45, 7) is 0.487. The van der Waals surface area contributed by atoms with E-state index in [4.69, 9.17) is 9.47 Å². The van der Waals surface area contributed by atoms with Gasteiger partial charge in [0.15, 0.2) is 0 Å². The van der Waals surface area contributed by atoms with Crippen molar-refractivity contribution in [1.29, 1.82) is 0 Å². The van der Waals surface area contributed by atoms with Crippen LogP contribution in [0.2, 0.25) is 0 Å². The van der Waals surface area contributed by atoms with E-state index in [0.717, 1.165) is 4.57 Å². The Labute approximate surface area is 236 Å². The highest BCUT2D eigenvalue weighted by Gasteiger charge is 2.47. The Morgan fingerprint density at radius 2 is 1.41 bits per heavy atom. The van der Waals surface area contributed by atoms with E-state index in [-0.39, 0.29) is 5.56 Å². The number of carbonyl (C=O) groups is 1. The molecule has 0 saturated carbocycles. The molecule has 1 amide bonds. The highest BCUT2D eigenvalue weighted by atomic mass is 16.5. The second-order valence-electron chi connectivity index (χ2n) is 9.63. The molecule has 3 aromatic carbocycles. The number of hydrogen-bond acceptors (Lipinski definition) is 7. The number of benzene rings is 3. The molecule has 4 N–H and O–H groups in total. The lowest BCUT2D eigenvalue weighted by Crippen LogP contribution is -2.57. The first-order chi connectivity index (χ1) is 19.7. The average molecular weight is 560 g/mol. The lowest BCUT2D eigenvalue weighted by molar-refractivity contribution is -0.124. The van der Waals surface area contributed by atoms with Gasteiger partial charge < -0.3 is 25.0 Å². The number of aliphatic hydroxyl groups excluding tert-OH is 2. The molecule has 0 aliphatic carbocycles. The van der Waals surface area contributed by atoms with Crippen LogP contribution in [0, 0.1) is 6.92 Å². The molecule has 0 bridgehead atoms. The van der Waals surface area contributed by atoms with E-state index in [9.17, 15) is 24.6 Å². The van der Waals surface area contributed by atoms with Gasteiger partial charge in [0.05, 0.1) is 38.4 Å². The quantitative estimate of drug-likeness (QED) is 0.205. The molecule has 0 saturated heterocycles. The van der Waals surface area contributed by atoms with Gasteiger partial charge in [0, 0.05) is 11.8 Å². The Kier molecular flexibility index (Phi) is 9.06. The average Bonchev–Trinajstić information content (AvgIpc) is 3.00. The van der Waals surface area contributed by atoms with Gasteiger partial charge in [-0.05, 0) is 47.9 Å². The van der Waals surface area contributed by atoms with Crippen molar-refractivity contribution in [2.45, 2.75) is 31.0 Å². The van der Waals surface area contributed by atoms with Crippen LogP contribution >= 0.6 is 0 Å². The van der Waals surface area contributed by atoms with Crippen molar-refractivity contribution in [2.75, 3.05) is 20.8 Å². The Balaban J connectivity index is 1.83. The summed E-state index contributed by atoms with van der Waals surface area (Å²) in [7, 11) is 3.12. The Hall–Kier alpha value is -4.67. The van der Waals surface area contributed by atoms with Gasteiger partial charge in [-0.1, -0.05) is 54.6 Å². The van der Waals surface area contributed by atoms with Gasteiger partial charge in [0.1, 0.15) is 18.0 Å². The van der Waals surface area contributed by atoms with Crippen LogP contribution in [0.4, 0.5) is 0 Å². The number of amides is 1. The number of rotatable bonds is 11. The van der Waals surface area contributed by atoms with E-state index in [0.29, 0.717) is 28.2 Å². The van der Waals surface area contributed by atoms with Gasteiger partial charge in [-0.25, -0.2) is 4.79 Å². The largest absolute Gasteiger partial charge is 0.497 e. The molecular weight excluding hydrogens is 526 g/mol. The third-order valence-electron chi connectivity index (χ3n) is 7.19. The molecule has 1 aromatic heterocycles. The molecule has 10 heteroatoms. The lowest BCUT2D eigenvalue weighted by atomic mass is 9.64. The Morgan fingerprint density at radius 3 is 1.90 bits per heavy atom. The first-order valence-electron chi connectivity index (χ1n) is 13.0. The molecule has 0 spiro atoms. The van der Waals surface area contributed by atoms with Gasteiger partial charge in [0.25, 0.3) is 5.56 Å². The number of methoxy groups -OCH3 is 2. The first kappa shape index (κ1) is 29.3. The highest BCUT2D eigenvalue weighted by molar-refractivity contribution is 5.76. The first-order valence-corrected chi connectivity index (χ1v) is 13.0. The van der Waals surface area contributed by atoms with E-state index in [1.54, 1.807) is 38.5 Å². The van der Waals surface area contributed by atoms with Crippen molar-refractivity contribution < 1.29 is 24.5 Å². The Morgan fingerprint density at radius 1 is 0.902 bits per heavy atom. The predicted molar refractivity (Wildman–Crippen MR) is 153 cm³/mol. The third-order valence-corrected chi connectivity index (χ3v) is 7.19. The molecule has 4 aromatic rings. The van der Waals surface area contributed by atoms with Gasteiger partial charge >= 0.3 is 5.69 Å². The van der Waals surface area contributed by atoms with Gasteiger partial charge in [-0.3, -0.25) is 19.1 Å². The molecular formula is C31H33N3O7. The number of aryl methyl sites for hydroxylation is 1. The van der Waals surface area contributed by atoms with Crippen molar-refractivity contribution in [1.82, 2.24) is 14.9 Å². The summed E-state index contributed by atoms with van der Waals surface area (Å²) in [5.41, 5.74) is -0.217. The topological polar surface area (TPSA) is 143 Å². The zero-order valence-corrected chi connectivity index (χ0v) is 23.0. The van der Waals surface area contributed by atoms with E-state index in [1.165, 1.54) is 13.1 Å². The van der Waals surface area contributed by atoms with Crippen molar-refractivity contribution in [3.05, 3.63) is 128 Å². The summed E-state index contributed by atoms with van der Waals surface area (Å²) in [5, 5.41) is 25.4. The second kappa shape index (κ2) is 12.7. The van der Waals surface area contributed by atoms with E-state index >= 15 is 0 Å². The highest BCUT2D eigenvalue weighted by Crippen LogP contribution is 2.44. The SMILES string of the molecule is COc1ccc(C(c2ccccc2)(c2ccc(OC)cc2)C(O)[C@H](CO)NC(=O)Cn2cc(C)c(=O)[nH]c2=O)cc1. The number of H-pyrrole nitrogens is 1. The molecule has 10 nitrogen and oxygen atoms in total. The normalized spacial score (nSPS) is 12.8. The number of hydrogen-bond donors (Lipinski definition) is 4. The number of nitrogens with zero attached hydrogens (tertiary/aromatic N) is 1. The standard InChI is InChI=1S/C31H33N3O7/c1-20-17-34(30(39)33-29(20)38)18-27(36)32-26(19-35)28(37)31(21-7-5-4-6-8-21,22-9-13-24(40-2)14-10-22)23-11-15-25(41-3)16-12-23/h4-17,26,28,35,37H,18-19H2,1-3H3,(H,32,36)(H,33,38,39)/t26-,28?/m0/s1. The number of aromatic nitrogens is 2. The maximum Gasteiger partial charge on any atom is 0.328 e. The second-order valence-corrected chi connectivity index (χ2v) is 9.63. The number of aromatic amines is 1. The summed E-state index contributed by atoms with van der Waals surface area (Å²) < 4.78 is 11.8. The maximum absolute atomic E-state index is 13.1. The van der Waals surface area contributed by atoms with E-state index in [2.05, 4.69) is 10.3 Å². The summed E-state index contributed by atoms with van der Waals surface area (Å²) in [4.78, 5) is 39.3. The predicted octanol–water partition coefficient (Wildman–Crippen LogP) is 1.73. The summed E-state index contributed by atoms with van der Waals surface area (Å²) in [6.07, 6.45) is -0.108. The molecule has 0 fully saturated rings. The molecule has 41 heavy (non-hydrogen) atoms. The smallest absolute Gasteiger partial charge is 0.328 e. The van der Waals surface area contributed by atoms with Gasteiger partial charge in [0.2, 0.25) is 5.91 Å². The number of ether oxygens (including phenoxy) is 2. The van der Waals surface area contributed by atoms with Crippen molar-refractivity contribution >= 4 is 5.91 Å². The van der Waals surface area contributed by atoms with Crippen molar-refractivity contribution in [2.24, 2.45) is 0 Å². The van der Waals surface area contributed by atoms with Crippen molar-refractivity contribution in [3.8, 4) is 11.5 Å².